The molecule has 0 saturated heterocycles. The van der Waals surface area contributed by atoms with Crippen molar-refractivity contribution in [2.45, 2.75) is 24.5 Å². The van der Waals surface area contributed by atoms with Gasteiger partial charge in [-0.05, 0) is 36.4 Å². The number of para-hydroxylation sites is 3. The minimum atomic E-state index is -0.841. The molecule has 7 rings (SSSR count). The number of benzene rings is 3. The summed E-state index contributed by atoms with van der Waals surface area (Å²) < 4.78 is 2.06. The first-order valence-electron chi connectivity index (χ1n) is 10.2. The molecular weight excluding hydrogens is 392 g/mol. The van der Waals surface area contributed by atoms with Gasteiger partial charge in [0.1, 0.15) is 11.3 Å². The highest BCUT2D eigenvalue weighted by atomic mass is 16.3. The van der Waals surface area contributed by atoms with Crippen molar-refractivity contribution < 1.29 is 10.2 Å². The number of phenolic OH excluding ortho intramolecular Hbond substituents is 1. The summed E-state index contributed by atoms with van der Waals surface area (Å²) in [5.74, 6) is -0.590. The van der Waals surface area contributed by atoms with Crippen molar-refractivity contribution in [3.8, 4) is 17.1 Å². The minimum Gasteiger partial charge on any atom is -0.506 e. The molecule has 0 fully saturated rings. The van der Waals surface area contributed by atoms with Crippen molar-refractivity contribution in [2.75, 3.05) is 0 Å². The summed E-state index contributed by atoms with van der Waals surface area (Å²) in [5, 5.41) is 21.8. The van der Waals surface area contributed by atoms with Crippen LogP contribution >= 0.6 is 0 Å². The molecule has 31 heavy (non-hydrogen) atoms. The van der Waals surface area contributed by atoms with E-state index in [1.165, 1.54) is 6.07 Å². The van der Waals surface area contributed by atoms with E-state index < -0.39 is 12.0 Å². The Hall–Kier alpha value is -3.84. The van der Waals surface area contributed by atoms with E-state index in [1.807, 2.05) is 30.3 Å². The second-order valence-electron chi connectivity index (χ2n) is 8.26. The second kappa shape index (κ2) is 5.65. The third-order valence-electron chi connectivity index (χ3n) is 6.63. The van der Waals surface area contributed by atoms with E-state index in [0.717, 1.165) is 28.1 Å². The van der Waals surface area contributed by atoms with E-state index in [1.54, 1.807) is 18.2 Å². The van der Waals surface area contributed by atoms with Crippen molar-refractivity contribution in [2.24, 2.45) is 0 Å². The monoisotopic (exact) mass is 408 g/mol. The quantitative estimate of drug-likeness (QED) is 0.382. The van der Waals surface area contributed by atoms with Crippen molar-refractivity contribution in [3.05, 3.63) is 81.8 Å². The Kier molecular flexibility index (Phi) is 3.08. The Balaban J connectivity index is 1.65. The molecule has 7 nitrogen and oxygen atoms in total. The number of aliphatic hydroxyl groups excluding tert-OH is 1. The van der Waals surface area contributed by atoms with Gasteiger partial charge in [0, 0.05) is 12.0 Å². The fourth-order valence-electron chi connectivity index (χ4n) is 5.34. The smallest absolute Gasteiger partial charge is 0.184 e. The van der Waals surface area contributed by atoms with Crippen LogP contribution in [0.2, 0.25) is 0 Å². The maximum atomic E-state index is 13.1. The van der Waals surface area contributed by atoms with Crippen LogP contribution < -0.4 is 5.43 Å². The standard InChI is InChI=1S/C24H16N4O3/c29-17-9-8-13-23-19(17)20-22-14(26-12-5-3-7-18(30)21(12)27-22)10-16(24(20)31)28(23)15-6-2-1-4-11(15)25-13/h1-9,16,20,24,30-31H,10H2/t16-,20+,24+/m1/s1. The van der Waals surface area contributed by atoms with Crippen LogP contribution in [0.15, 0.2) is 59.4 Å². The van der Waals surface area contributed by atoms with Gasteiger partial charge in [-0.15, -0.1) is 0 Å². The molecule has 2 aromatic carbocycles. The SMILES string of the molecule is O=c1ccc2nc3ccccc3n3c-2c1[C@H]1c2nc4c(O)cccc4nc2C[C@@H]3[C@@H]1O. The van der Waals surface area contributed by atoms with Gasteiger partial charge in [-0.3, -0.25) is 4.79 Å². The van der Waals surface area contributed by atoms with Gasteiger partial charge in [0.2, 0.25) is 0 Å². The summed E-state index contributed by atoms with van der Waals surface area (Å²) in [6.07, 6.45) is -0.367. The van der Waals surface area contributed by atoms with Gasteiger partial charge in [-0.25, -0.2) is 15.0 Å². The minimum absolute atomic E-state index is 0.0308. The second-order valence-corrected chi connectivity index (χ2v) is 8.26. The predicted molar refractivity (Wildman–Crippen MR) is 114 cm³/mol. The number of aromatic nitrogens is 4. The van der Waals surface area contributed by atoms with Crippen LogP contribution in [0.5, 0.6) is 5.75 Å². The lowest BCUT2D eigenvalue weighted by Crippen LogP contribution is -2.44. The van der Waals surface area contributed by atoms with E-state index >= 15 is 0 Å². The maximum Gasteiger partial charge on any atom is 0.184 e. The summed E-state index contributed by atoms with van der Waals surface area (Å²) in [6, 6.07) is 15.8. The fraction of sp³-hybridized carbons (Fsp3) is 0.167. The molecule has 0 unspecified atom stereocenters. The predicted octanol–water partition coefficient (Wildman–Crippen LogP) is 2.75. The molecule has 0 radical (unpaired) electrons. The van der Waals surface area contributed by atoms with Crippen molar-refractivity contribution in [1.82, 2.24) is 19.5 Å². The lowest BCUT2D eigenvalue weighted by atomic mass is 9.74. The zero-order chi connectivity index (χ0) is 20.9. The molecule has 0 amide bonds. The van der Waals surface area contributed by atoms with E-state index in [2.05, 4.69) is 4.57 Å². The van der Waals surface area contributed by atoms with Crippen LogP contribution in [0, 0.1) is 0 Å². The summed E-state index contributed by atoms with van der Waals surface area (Å²) in [5.41, 5.74) is 5.75. The Labute approximate surface area is 175 Å². The molecule has 2 N–H and O–H groups in total. The van der Waals surface area contributed by atoms with Crippen LogP contribution in [0.1, 0.15) is 28.9 Å². The molecule has 2 bridgehead atoms. The molecule has 2 aliphatic carbocycles. The lowest BCUT2D eigenvalue weighted by Gasteiger charge is -2.43. The third kappa shape index (κ3) is 2.06. The molecule has 1 aromatic heterocycles. The van der Waals surface area contributed by atoms with Crippen LogP contribution in [-0.2, 0) is 6.42 Å². The molecule has 4 aliphatic rings. The molecule has 0 saturated carbocycles. The molecule has 3 atom stereocenters. The van der Waals surface area contributed by atoms with Gasteiger partial charge in [-0.2, -0.15) is 0 Å². The topological polar surface area (TPSA) is 101 Å². The largest absolute Gasteiger partial charge is 0.506 e. The number of phenols is 1. The molecule has 3 heterocycles. The van der Waals surface area contributed by atoms with Crippen LogP contribution in [0.25, 0.3) is 33.5 Å². The Bertz CT molecular complexity index is 1590. The van der Waals surface area contributed by atoms with Gasteiger partial charge in [0.25, 0.3) is 0 Å². The normalized spacial score (nSPS) is 21.5. The molecule has 2 aliphatic heterocycles. The first kappa shape index (κ1) is 16.9. The zero-order valence-corrected chi connectivity index (χ0v) is 16.2. The average Bonchev–Trinajstić information content (AvgIpc) is 2.77. The van der Waals surface area contributed by atoms with E-state index in [9.17, 15) is 15.0 Å². The van der Waals surface area contributed by atoms with Crippen LogP contribution in [0.3, 0.4) is 0 Å². The van der Waals surface area contributed by atoms with Gasteiger partial charge in [-0.1, -0.05) is 18.2 Å². The number of hydrogen-bond acceptors (Lipinski definition) is 6. The Morgan fingerprint density at radius 2 is 1.77 bits per heavy atom. The maximum absolute atomic E-state index is 13.1. The zero-order valence-electron chi connectivity index (χ0n) is 16.2. The number of aromatic hydroxyl groups is 1. The van der Waals surface area contributed by atoms with Crippen LogP contribution in [0.4, 0.5) is 0 Å². The fourth-order valence-corrected chi connectivity index (χ4v) is 5.34. The Morgan fingerprint density at radius 3 is 2.68 bits per heavy atom. The van der Waals surface area contributed by atoms with Crippen molar-refractivity contribution in [1.29, 1.82) is 0 Å². The van der Waals surface area contributed by atoms with Gasteiger partial charge < -0.3 is 14.8 Å². The van der Waals surface area contributed by atoms with Crippen LogP contribution in [-0.4, -0.2) is 35.8 Å². The summed E-state index contributed by atoms with van der Waals surface area (Å²) in [4.78, 5) is 27.4. The van der Waals surface area contributed by atoms with Gasteiger partial charge in [0.05, 0.1) is 57.4 Å². The average molecular weight is 408 g/mol. The van der Waals surface area contributed by atoms with Crippen molar-refractivity contribution >= 4 is 22.1 Å². The van der Waals surface area contributed by atoms with E-state index in [-0.39, 0.29) is 17.2 Å². The number of nitrogens with zero attached hydrogens (tertiary/aromatic N) is 4. The number of aliphatic hydroxyl groups is 1. The molecule has 3 aromatic rings. The number of fused-ring (bicyclic) bond motifs is 9. The highest BCUT2D eigenvalue weighted by molar-refractivity contribution is 5.84. The first-order chi connectivity index (χ1) is 15.1. The highest BCUT2D eigenvalue weighted by Gasteiger charge is 2.47. The summed E-state index contributed by atoms with van der Waals surface area (Å²) >= 11 is 0. The lowest BCUT2D eigenvalue weighted by molar-refractivity contribution is 0.0800. The molecule has 150 valence electrons. The third-order valence-corrected chi connectivity index (χ3v) is 6.63. The summed E-state index contributed by atoms with van der Waals surface area (Å²) in [7, 11) is 0. The number of rotatable bonds is 0. The van der Waals surface area contributed by atoms with E-state index in [0.29, 0.717) is 28.7 Å². The molecule has 0 spiro atoms. The van der Waals surface area contributed by atoms with Gasteiger partial charge in [0.15, 0.2) is 5.43 Å². The molecule has 7 heteroatoms. The molecular formula is C24H16N4O3. The van der Waals surface area contributed by atoms with E-state index in [4.69, 9.17) is 15.0 Å². The summed E-state index contributed by atoms with van der Waals surface area (Å²) in [6.45, 7) is 0. The number of hydrogen-bond donors (Lipinski definition) is 2. The highest BCUT2D eigenvalue weighted by Crippen LogP contribution is 2.49. The van der Waals surface area contributed by atoms with Gasteiger partial charge >= 0.3 is 0 Å². The van der Waals surface area contributed by atoms with Crippen molar-refractivity contribution in [3.63, 3.8) is 0 Å². The Morgan fingerprint density at radius 1 is 0.935 bits per heavy atom. The first-order valence-corrected chi connectivity index (χ1v) is 10.2.